The van der Waals surface area contributed by atoms with Gasteiger partial charge in [-0.3, -0.25) is 4.99 Å². The van der Waals surface area contributed by atoms with Crippen LogP contribution in [-0.2, 0) is 20.8 Å². The second-order valence-electron chi connectivity index (χ2n) is 7.68. The van der Waals surface area contributed by atoms with Crippen molar-refractivity contribution < 1.29 is 26.0 Å². The molecule has 2 rings (SSSR count). The Labute approximate surface area is 165 Å². The molecule has 0 bridgehead atoms. The summed E-state index contributed by atoms with van der Waals surface area (Å²) in [7, 11) is 9.87. The van der Waals surface area contributed by atoms with Gasteiger partial charge in [0.2, 0.25) is 0 Å². The molecule has 1 aliphatic rings. The van der Waals surface area contributed by atoms with Gasteiger partial charge in [0.15, 0.2) is 0 Å². The third-order valence-corrected chi connectivity index (χ3v) is 4.97. The van der Waals surface area contributed by atoms with Crippen LogP contribution in [0.25, 0.3) is 0 Å². The third kappa shape index (κ3) is 6.81. The summed E-state index contributed by atoms with van der Waals surface area (Å²) in [5.41, 5.74) is 3.30. The van der Waals surface area contributed by atoms with Crippen LogP contribution in [0.4, 0.5) is 0 Å². The predicted octanol–water partition coefficient (Wildman–Crippen LogP) is 6.41. The van der Waals surface area contributed by atoms with E-state index in [0.717, 1.165) is 22.6 Å². The number of hydrogen-bond donors (Lipinski definition) is 1. The molecule has 5 heteroatoms. The van der Waals surface area contributed by atoms with Gasteiger partial charge in [-0.2, -0.15) is 0 Å². The Balaban J connectivity index is 0.000000891. The van der Waals surface area contributed by atoms with Crippen LogP contribution >= 0.6 is 17.0 Å². The zero-order valence-electron chi connectivity index (χ0n) is 15.4. The van der Waals surface area contributed by atoms with Crippen LogP contribution in [-0.4, -0.2) is 17.4 Å². The first-order valence-electron chi connectivity index (χ1n) is 8.49. The first kappa shape index (κ1) is 22.2. The van der Waals surface area contributed by atoms with Gasteiger partial charge >= 0.3 is 37.9 Å². The van der Waals surface area contributed by atoms with Crippen molar-refractivity contribution in [1.29, 1.82) is 0 Å². The van der Waals surface area contributed by atoms with E-state index in [-0.39, 0.29) is 0 Å². The molecule has 0 spiro atoms. The van der Waals surface area contributed by atoms with E-state index in [1.165, 1.54) is 25.7 Å². The summed E-state index contributed by atoms with van der Waals surface area (Å²) in [6, 6.07) is 4.42. The Bertz CT molecular complexity index is 547. The quantitative estimate of drug-likeness (QED) is 0.520. The Kier molecular flexibility index (Phi) is 9.56. The molecule has 1 N–H and O–H groups in total. The number of rotatable bonds is 2. The summed E-state index contributed by atoms with van der Waals surface area (Å²) in [5, 5.41) is 10.2. The Morgan fingerprint density at radius 3 is 2.08 bits per heavy atom. The van der Waals surface area contributed by atoms with Crippen LogP contribution in [0.15, 0.2) is 17.1 Å². The monoisotopic (exact) mass is 447 g/mol. The number of aromatic hydroxyl groups is 1. The number of phenols is 1. The molecular formula is C19H29Cl2NOZr. The van der Waals surface area contributed by atoms with E-state index < -0.39 is 20.8 Å². The number of benzene rings is 1. The van der Waals surface area contributed by atoms with Crippen LogP contribution in [0.3, 0.4) is 0 Å². The van der Waals surface area contributed by atoms with Crippen molar-refractivity contribution in [2.24, 2.45) is 16.3 Å². The molecule has 0 saturated heterocycles. The number of hydrogen-bond acceptors (Lipinski definition) is 2. The van der Waals surface area contributed by atoms with Gasteiger partial charge < -0.3 is 5.11 Å². The molecule has 24 heavy (non-hydrogen) atoms. The summed E-state index contributed by atoms with van der Waals surface area (Å²) < 4.78 is 0. The number of aliphatic imine (C=N–C) groups is 1. The van der Waals surface area contributed by atoms with Crippen molar-refractivity contribution >= 4 is 23.2 Å². The van der Waals surface area contributed by atoms with E-state index in [4.69, 9.17) is 22.0 Å². The minimum absolute atomic E-state index is 0.377. The fourth-order valence-corrected chi connectivity index (χ4v) is 3.25. The average Bonchev–Trinajstić information content (AvgIpc) is 2.51. The van der Waals surface area contributed by atoms with Crippen LogP contribution in [0.2, 0.25) is 0 Å². The molecule has 134 valence electrons. The van der Waals surface area contributed by atoms with E-state index in [1.54, 1.807) is 0 Å². The van der Waals surface area contributed by atoms with Crippen LogP contribution in [0, 0.1) is 25.2 Å². The molecular weight excluding hydrogens is 420 g/mol. The Morgan fingerprint density at radius 2 is 1.58 bits per heavy atom. The molecule has 0 heterocycles. The SMILES string of the molecule is Cc1ccc(C)c(C=NC2CCC(C(C)(C)C)CC2)c1O.[Cl][Zr][Cl]. The molecule has 1 fully saturated rings. The van der Waals surface area contributed by atoms with Crippen molar-refractivity contribution in [3.63, 3.8) is 0 Å². The minimum atomic E-state index is -0.826. The van der Waals surface area contributed by atoms with E-state index >= 15 is 0 Å². The van der Waals surface area contributed by atoms with Crippen LogP contribution < -0.4 is 0 Å². The zero-order chi connectivity index (χ0) is 18.3. The molecule has 0 radical (unpaired) electrons. The molecule has 0 aromatic heterocycles. The maximum atomic E-state index is 10.2. The van der Waals surface area contributed by atoms with Crippen molar-refractivity contribution in [3.05, 3.63) is 28.8 Å². The van der Waals surface area contributed by atoms with Crippen molar-refractivity contribution in [3.8, 4) is 5.75 Å². The fraction of sp³-hybridized carbons (Fsp3) is 0.632. The normalized spacial score (nSPS) is 21.3. The topological polar surface area (TPSA) is 32.6 Å². The van der Waals surface area contributed by atoms with Gasteiger partial charge in [-0.05, 0) is 62.0 Å². The second kappa shape index (κ2) is 10.3. The van der Waals surface area contributed by atoms with Gasteiger partial charge in [0, 0.05) is 17.8 Å². The molecule has 0 aliphatic heterocycles. The first-order valence-corrected chi connectivity index (χ1v) is 14.8. The fourth-order valence-electron chi connectivity index (χ4n) is 3.25. The summed E-state index contributed by atoms with van der Waals surface area (Å²) in [6.07, 6.45) is 6.77. The number of nitrogens with zero attached hydrogens (tertiary/aromatic N) is 1. The van der Waals surface area contributed by atoms with Gasteiger partial charge in [-0.15, -0.1) is 0 Å². The third-order valence-electron chi connectivity index (χ3n) is 4.97. The standard InChI is InChI=1S/C19H29NO.2ClH.Zr/c1-13-6-7-14(2)18(21)17(13)12-20-16-10-8-15(9-11-16)19(3,4)5;;;/h6-7,12,15-16,21H,8-11H2,1-5H3;2*1H;/q;;;+2/p-2. The molecule has 1 saturated carbocycles. The van der Waals surface area contributed by atoms with E-state index in [2.05, 4.69) is 20.8 Å². The molecule has 1 aromatic carbocycles. The van der Waals surface area contributed by atoms with Gasteiger partial charge in [-0.25, -0.2) is 0 Å². The number of phenolic OH excluding ortho intramolecular Hbond substituents is 1. The van der Waals surface area contributed by atoms with Crippen molar-refractivity contribution in [1.82, 2.24) is 0 Å². The van der Waals surface area contributed by atoms with Crippen LogP contribution in [0.1, 0.15) is 63.1 Å². The number of halogens is 2. The number of aryl methyl sites for hydroxylation is 2. The van der Waals surface area contributed by atoms with E-state index in [1.807, 2.05) is 32.2 Å². The van der Waals surface area contributed by atoms with Crippen LogP contribution in [0.5, 0.6) is 5.75 Å². The summed E-state index contributed by atoms with van der Waals surface area (Å²) >= 11 is -0.826. The molecule has 2 nitrogen and oxygen atoms in total. The van der Waals surface area contributed by atoms with Gasteiger partial charge in [0.25, 0.3) is 0 Å². The summed E-state index contributed by atoms with van der Waals surface area (Å²) in [4.78, 5) is 4.75. The summed E-state index contributed by atoms with van der Waals surface area (Å²) in [6.45, 7) is 11.0. The maximum absolute atomic E-state index is 10.2. The van der Waals surface area contributed by atoms with Gasteiger partial charge in [-0.1, -0.05) is 32.9 Å². The van der Waals surface area contributed by atoms with E-state index in [0.29, 0.717) is 17.2 Å². The predicted molar refractivity (Wildman–Crippen MR) is 102 cm³/mol. The van der Waals surface area contributed by atoms with Crippen molar-refractivity contribution in [2.75, 3.05) is 0 Å². The van der Waals surface area contributed by atoms with Crippen molar-refractivity contribution in [2.45, 2.75) is 66.3 Å². The Morgan fingerprint density at radius 1 is 1.08 bits per heavy atom. The average molecular weight is 450 g/mol. The second-order valence-corrected chi connectivity index (χ2v) is 11.4. The molecule has 0 atom stereocenters. The first-order chi connectivity index (χ1) is 11.2. The van der Waals surface area contributed by atoms with Gasteiger partial charge in [0.1, 0.15) is 5.75 Å². The molecule has 0 amide bonds. The molecule has 1 aromatic rings. The van der Waals surface area contributed by atoms with E-state index in [9.17, 15) is 5.11 Å². The zero-order valence-corrected chi connectivity index (χ0v) is 19.3. The molecule has 1 aliphatic carbocycles. The Hall–Kier alpha value is 0.153. The van der Waals surface area contributed by atoms with Gasteiger partial charge in [0.05, 0.1) is 0 Å². The molecule has 0 unspecified atom stereocenters. The summed E-state index contributed by atoms with van der Waals surface area (Å²) in [5.74, 6) is 1.19.